The largest absolute Gasteiger partial charge is 0.433 e. The summed E-state index contributed by atoms with van der Waals surface area (Å²) >= 11 is 5.97. The minimum atomic E-state index is -4.67. The molecule has 0 bridgehead atoms. The number of piperazine rings is 1. The number of aromatic nitrogens is 5. The van der Waals surface area contributed by atoms with Gasteiger partial charge in [0, 0.05) is 33.3 Å². The Balaban J connectivity index is 1.56. The van der Waals surface area contributed by atoms with Crippen LogP contribution >= 0.6 is 11.6 Å². The Morgan fingerprint density at radius 3 is 2.61 bits per heavy atom. The Bertz CT molecular complexity index is 1550. The number of anilines is 2. The number of fused-ring (bicyclic) bond motifs is 1. The van der Waals surface area contributed by atoms with E-state index in [2.05, 4.69) is 20.7 Å². The lowest BCUT2D eigenvalue weighted by Gasteiger charge is -2.31. The van der Waals surface area contributed by atoms with Crippen LogP contribution in [0.15, 0.2) is 23.0 Å². The van der Waals surface area contributed by atoms with E-state index < -0.39 is 22.9 Å². The molecule has 2 N–H and O–H groups in total. The van der Waals surface area contributed by atoms with Crippen LogP contribution in [0.5, 0.6) is 0 Å². The van der Waals surface area contributed by atoms with Crippen molar-refractivity contribution in [2.75, 3.05) is 43.5 Å². The highest BCUT2D eigenvalue weighted by molar-refractivity contribution is 6.32. The molecular formula is C26H30ClF3N8O3. The van der Waals surface area contributed by atoms with Gasteiger partial charge < -0.3 is 24.8 Å². The Hall–Kier alpha value is -3.49. The molecule has 3 aromatic rings. The molecule has 1 unspecified atom stereocenters. The van der Waals surface area contributed by atoms with Crippen molar-refractivity contribution in [3.05, 3.63) is 50.9 Å². The minimum absolute atomic E-state index is 0.0654. The molecule has 220 valence electrons. The summed E-state index contributed by atoms with van der Waals surface area (Å²) in [4.78, 5) is 37.1. The fourth-order valence-electron chi connectivity index (χ4n) is 5.20. The number of amides is 1. The summed E-state index contributed by atoms with van der Waals surface area (Å²) in [5.41, 5.74) is 0.382. The smallest absolute Gasteiger partial charge is 0.381 e. The van der Waals surface area contributed by atoms with Crippen LogP contribution in [0.25, 0.3) is 11.4 Å². The SMILES string of the molecule is CCc1c(N2CCNCC2)c(=O)n2nc(C3=CCC(OC)CC3)nc2n1CC(=O)Nc1ccc(C(F)(F)F)nc1Cl. The topological polar surface area (TPSA) is 119 Å². The van der Waals surface area contributed by atoms with Crippen LogP contribution in [0.3, 0.4) is 0 Å². The van der Waals surface area contributed by atoms with Gasteiger partial charge >= 0.3 is 6.18 Å². The number of nitrogens with one attached hydrogen (secondary N) is 2. The molecule has 1 aliphatic heterocycles. The summed E-state index contributed by atoms with van der Waals surface area (Å²) in [7, 11) is 1.67. The van der Waals surface area contributed by atoms with Crippen LogP contribution in [0, 0.1) is 0 Å². The quantitative estimate of drug-likeness (QED) is 0.401. The van der Waals surface area contributed by atoms with Crippen LogP contribution in [0.1, 0.15) is 43.4 Å². The van der Waals surface area contributed by atoms with Crippen molar-refractivity contribution < 1.29 is 22.7 Å². The van der Waals surface area contributed by atoms with E-state index in [4.69, 9.17) is 21.3 Å². The highest BCUT2D eigenvalue weighted by Crippen LogP contribution is 2.31. The summed E-state index contributed by atoms with van der Waals surface area (Å²) in [5, 5.41) is 9.89. The van der Waals surface area contributed by atoms with Gasteiger partial charge in [-0.15, -0.1) is 5.10 Å². The van der Waals surface area contributed by atoms with Crippen LogP contribution in [-0.4, -0.2) is 69.4 Å². The first-order valence-electron chi connectivity index (χ1n) is 13.3. The van der Waals surface area contributed by atoms with E-state index in [0.29, 0.717) is 62.6 Å². The lowest BCUT2D eigenvalue weighted by molar-refractivity contribution is -0.141. The van der Waals surface area contributed by atoms with Gasteiger partial charge in [-0.3, -0.25) is 9.59 Å². The average molecular weight is 595 g/mol. The van der Waals surface area contributed by atoms with Crippen LogP contribution in [-0.2, 0) is 28.7 Å². The average Bonchev–Trinajstić information content (AvgIpc) is 3.41. The zero-order valence-electron chi connectivity index (χ0n) is 22.6. The van der Waals surface area contributed by atoms with Gasteiger partial charge in [0.15, 0.2) is 11.0 Å². The van der Waals surface area contributed by atoms with Crippen molar-refractivity contribution >= 4 is 40.2 Å². The van der Waals surface area contributed by atoms with Gasteiger partial charge in [0.05, 0.1) is 17.5 Å². The van der Waals surface area contributed by atoms with Crippen molar-refractivity contribution in [2.45, 2.75) is 51.4 Å². The Labute approximate surface area is 238 Å². The fourth-order valence-corrected chi connectivity index (χ4v) is 5.40. The number of hydrogen-bond donors (Lipinski definition) is 2. The van der Waals surface area contributed by atoms with E-state index in [1.807, 2.05) is 17.9 Å². The molecule has 1 aliphatic carbocycles. The molecule has 15 heteroatoms. The lowest BCUT2D eigenvalue weighted by Crippen LogP contribution is -2.47. The zero-order chi connectivity index (χ0) is 29.3. The standard InChI is InChI=1S/C26H30ClF3N8O3/c1-3-18-21(36-12-10-31-11-13-36)24(40)38-25(34-23(35-38)15-4-6-16(41-2)7-5-15)37(18)14-20(39)32-17-8-9-19(26(28,29)30)33-22(17)27/h4,8-9,16,31H,3,5-7,10-14H2,1-2H3,(H,32,39). The molecule has 0 radical (unpaired) electrons. The maximum atomic E-state index is 13.8. The molecule has 1 atom stereocenters. The first-order valence-corrected chi connectivity index (χ1v) is 13.7. The second-order valence-corrected chi connectivity index (χ2v) is 10.2. The molecule has 4 heterocycles. The first-order chi connectivity index (χ1) is 19.6. The number of pyridine rings is 1. The third-order valence-electron chi connectivity index (χ3n) is 7.29. The summed E-state index contributed by atoms with van der Waals surface area (Å²) in [6, 6.07) is 1.80. The van der Waals surface area contributed by atoms with E-state index in [0.717, 1.165) is 24.1 Å². The number of ether oxygens (including phenoxy) is 1. The third-order valence-corrected chi connectivity index (χ3v) is 7.58. The van der Waals surface area contributed by atoms with E-state index in [-0.39, 0.29) is 29.7 Å². The fraction of sp³-hybridized carbons (Fsp3) is 0.500. The maximum absolute atomic E-state index is 13.8. The molecule has 5 rings (SSSR count). The molecule has 1 saturated heterocycles. The van der Waals surface area contributed by atoms with Crippen LogP contribution < -0.4 is 21.1 Å². The number of halogens is 4. The molecule has 0 spiro atoms. The summed E-state index contributed by atoms with van der Waals surface area (Å²) in [6.45, 7) is 4.17. The minimum Gasteiger partial charge on any atom is -0.381 e. The normalized spacial score (nSPS) is 18.0. The number of nitrogens with zero attached hydrogens (tertiary/aromatic N) is 6. The Morgan fingerprint density at radius 1 is 1.24 bits per heavy atom. The molecule has 2 aliphatic rings. The van der Waals surface area contributed by atoms with Crippen molar-refractivity contribution in [1.29, 1.82) is 0 Å². The summed E-state index contributed by atoms with van der Waals surface area (Å²) < 4.78 is 47.3. The van der Waals surface area contributed by atoms with E-state index in [1.54, 1.807) is 11.7 Å². The molecule has 3 aromatic heterocycles. The number of alkyl halides is 3. The van der Waals surface area contributed by atoms with Crippen molar-refractivity contribution in [1.82, 2.24) is 29.5 Å². The number of rotatable bonds is 7. The molecule has 41 heavy (non-hydrogen) atoms. The van der Waals surface area contributed by atoms with Gasteiger partial charge in [-0.05, 0) is 43.4 Å². The Kier molecular flexibility index (Phi) is 8.34. The van der Waals surface area contributed by atoms with Crippen molar-refractivity contribution in [3.8, 4) is 0 Å². The molecule has 0 saturated carbocycles. The zero-order valence-corrected chi connectivity index (χ0v) is 23.3. The predicted molar refractivity (Wildman–Crippen MR) is 147 cm³/mol. The monoisotopic (exact) mass is 594 g/mol. The molecule has 1 fully saturated rings. The molecule has 1 amide bonds. The van der Waals surface area contributed by atoms with Gasteiger partial charge in [0.25, 0.3) is 5.56 Å². The van der Waals surface area contributed by atoms with Gasteiger partial charge in [-0.1, -0.05) is 24.6 Å². The second-order valence-electron chi connectivity index (χ2n) is 9.87. The van der Waals surface area contributed by atoms with E-state index >= 15 is 0 Å². The molecule has 11 nitrogen and oxygen atoms in total. The summed E-state index contributed by atoms with van der Waals surface area (Å²) in [6.07, 6.45) is 0.0212. The highest BCUT2D eigenvalue weighted by Gasteiger charge is 2.33. The van der Waals surface area contributed by atoms with Crippen LogP contribution in [0.4, 0.5) is 24.5 Å². The molecule has 0 aromatic carbocycles. The number of methoxy groups -OCH3 is 1. The third kappa shape index (κ3) is 5.95. The summed E-state index contributed by atoms with van der Waals surface area (Å²) in [5.74, 6) is 0.0203. The molecular weight excluding hydrogens is 565 g/mol. The number of carbonyl (C=O) groups excluding carboxylic acids is 1. The van der Waals surface area contributed by atoms with E-state index in [1.165, 1.54) is 4.52 Å². The van der Waals surface area contributed by atoms with Crippen LogP contribution in [0.2, 0.25) is 5.15 Å². The van der Waals surface area contributed by atoms with Crippen molar-refractivity contribution in [2.24, 2.45) is 0 Å². The number of hydrogen-bond acceptors (Lipinski definition) is 8. The highest BCUT2D eigenvalue weighted by atomic mass is 35.5. The number of carbonyl (C=O) groups is 1. The van der Waals surface area contributed by atoms with Crippen molar-refractivity contribution in [3.63, 3.8) is 0 Å². The van der Waals surface area contributed by atoms with E-state index in [9.17, 15) is 22.8 Å². The van der Waals surface area contributed by atoms with Gasteiger partial charge in [-0.2, -0.15) is 22.7 Å². The Morgan fingerprint density at radius 2 is 2.00 bits per heavy atom. The number of allylic oxidation sites excluding steroid dienone is 1. The van der Waals surface area contributed by atoms with Gasteiger partial charge in [-0.25, -0.2) is 4.98 Å². The predicted octanol–water partition coefficient (Wildman–Crippen LogP) is 3.15. The second kappa shape index (κ2) is 11.8. The lowest BCUT2D eigenvalue weighted by atomic mass is 9.97. The van der Waals surface area contributed by atoms with Gasteiger partial charge in [0.2, 0.25) is 11.7 Å². The first kappa shape index (κ1) is 29.0. The van der Waals surface area contributed by atoms with Gasteiger partial charge in [0.1, 0.15) is 17.9 Å². The maximum Gasteiger partial charge on any atom is 0.433 e.